The van der Waals surface area contributed by atoms with E-state index in [1.54, 1.807) is 7.11 Å². The van der Waals surface area contributed by atoms with Crippen LogP contribution in [0.1, 0.15) is 19.3 Å². The zero-order chi connectivity index (χ0) is 14.7. The minimum absolute atomic E-state index is 0.0353. The quantitative estimate of drug-likeness (QED) is 0.626. The first-order chi connectivity index (χ1) is 9.51. The molecule has 0 aromatic carbocycles. The van der Waals surface area contributed by atoms with Gasteiger partial charge < -0.3 is 20.5 Å². The molecule has 1 saturated carbocycles. The highest BCUT2D eigenvalue weighted by atomic mass is 16.5. The second kappa shape index (κ2) is 6.08. The lowest BCUT2D eigenvalue weighted by Gasteiger charge is -2.33. The molecule has 1 saturated heterocycles. The Hall–Kier alpha value is -1.83. The second-order valence-electron chi connectivity index (χ2n) is 5.10. The van der Waals surface area contributed by atoms with Crippen molar-refractivity contribution < 1.29 is 24.2 Å². The van der Waals surface area contributed by atoms with Crippen molar-refractivity contribution in [2.45, 2.75) is 37.5 Å². The molecule has 0 aromatic rings. The largest absolute Gasteiger partial charge is 0.480 e. The van der Waals surface area contributed by atoms with Crippen molar-refractivity contribution >= 4 is 17.9 Å². The van der Waals surface area contributed by atoms with Gasteiger partial charge in [-0.05, 0) is 19.3 Å². The molecule has 3 N–H and O–H groups in total. The van der Waals surface area contributed by atoms with Crippen LogP contribution in [0.2, 0.25) is 0 Å². The summed E-state index contributed by atoms with van der Waals surface area (Å²) in [6.45, 7) is -0.295. The molecule has 8 heteroatoms. The van der Waals surface area contributed by atoms with Crippen molar-refractivity contribution in [2.75, 3.05) is 20.2 Å². The van der Waals surface area contributed by atoms with Crippen molar-refractivity contribution in [3.05, 3.63) is 0 Å². The number of urea groups is 1. The number of aliphatic carboxylic acids is 1. The van der Waals surface area contributed by atoms with Crippen molar-refractivity contribution in [1.82, 2.24) is 15.5 Å². The van der Waals surface area contributed by atoms with Crippen LogP contribution in [-0.4, -0.2) is 66.3 Å². The molecule has 0 aromatic heterocycles. The second-order valence-corrected chi connectivity index (χ2v) is 5.10. The maximum atomic E-state index is 12.1. The molecule has 1 aliphatic heterocycles. The topological polar surface area (TPSA) is 108 Å². The van der Waals surface area contributed by atoms with Gasteiger partial charge in [0.25, 0.3) is 0 Å². The van der Waals surface area contributed by atoms with Crippen molar-refractivity contribution in [2.24, 2.45) is 0 Å². The molecule has 2 rings (SSSR count). The van der Waals surface area contributed by atoms with Crippen LogP contribution in [0.5, 0.6) is 0 Å². The molecule has 112 valence electrons. The first-order valence-corrected chi connectivity index (χ1v) is 6.60. The number of carboxylic acid groups (broad SMARTS) is 1. The summed E-state index contributed by atoms with van der Waals surface area (Å²) in [5.74, 6) is -1.47. The predicted octanol–water partition coefficient (Wildman–Crippen LogP) is -0.851. The third-order valence-electron chi connectivity index (χ3n) is 3.77. The van der Waals surface area contributed by atoms with E-state index in [2.05, 4.69) is 10.6 Å². The van der Waals surface area contributed by atoms with Gasteiger partial charge in [-0.1, -0.05) is 0 Å². The molecule has 3 atom stereocenters. The van der Waals surface area contributed by atoms with E-state index in [4.69, 9.17) is 9.84 Å². The van der Waals surface area contributed by atoms with E-state index in [1.807, 2.05) is 0 Å². The number of rotatable bonds is 3. The Morgan fingerprint density at radius 1 is 1.45 bits per heavy atom. The van der Waals surface area contributed by atoms with Gasteiger partial charge in [0, 0.05) is 19.7 Å². The summed E-state index contributed by atoms with van der Waals surface area (Å²) in [7, 11) is 1.63. The summed E-state index contributed by atoms with van der Waals surface area (Å²) in [5.41, 5.74) is 0. The van der Waals surface area contributed by atoms with Crippen LogP contribution in [-0.2, 0) is 14.3 Å². The highest BCUT2D eigenvalue weighted by Gasteiger charge is 2.36. The zero-order valence-electron chi connectivity index (χ0n) is 11.3. The van der Waals surface area contributed by atoms with Gasteiger partial charge in [0.05, 0.1) is 6.10 Å². The predicted molar refractivity (Wildman–Crippen MR) is 68.1 cm³/mol. The Labute approximate surface area is 116 Å². The van der Waals surface area contributed by atoms with E-state index < -0.39 is 18.0 Å². The van der Waals surface area contributed by atoms with Gasteiger partial charge in [0.2, 0.25) is 5.91 Å². The molecule has 0 radical (unpaired) electrons. The van der Waals surface area contributed by atoms with Gasteiger partial charge in [0.15, 0.2) is 0 Å². The first kappa shape index (κ1) is 14.6. The van der Waals surface area contributed by atoms with Crippen LogP contribution in [0.25, 0.3) is 0 Å². The number of carbonyl (C=O) groups is 3. The van der Waals surface area contributed by atoms with Crippen molar-refractivity contribution in [3.63, 3.8) is 0 Å². The third kappa shape index (κ3) is 3.19. The molecule has 2 aliphatic rings. The van der Waals surface area contributed by atoms with Crippen LogP contribution in [0.15, 0.2) is 0 Å². The minimum Gasteiger partial charge on any atom is -0.480 e. The number of piperazine rings is 1. The Morgan fingerprint density at radius 2 is 2.20 bits per heavy atom. The number of amides is 3. The Morgan fingerprint density at radius 3 is 2.80 bits per heavy atom. The van der Waals surface area contributed by atoms with Gasteiger partial charge in [-0.15, -0.1) is 0 Å². The SMILES string of the molecule is COC1CCC(NC(=O)N2CC(=O)NCC2C(=O)O)C1. The van der Waals surface area contributed by atoms with Gasteiger partial charge in [-0.3, -0.25) is 9.69 Å². The molecule has 8 nitrogen and oxygen atoms in total. The number of carboxylic acids is 1. The maximum Gasteiger partial charge on any atom is 0.328 e. The summed E-state index contributed by atoms with van der Waals surface area (Å²) >= 11 is 0. The van der Waals surface area contributed by atoms with E-state index in [1.165, 1.54) is 0 Å². The average molecular weight is 285 g/mol. The average Bonchev–Trinajstić information content (AvgIpc) is 2.85. The minimum atomic E-state index is -1.12. The Balaban J connectivity index is 1.95. The van der Waals surface area contributed by atoms with Crippen LogP contribution < -0.4 is 10.6 Å². The normalized spacial score (nSPS) is 29.9. The molecule has 1 aliphatic carbocycles. The molecule has 20 heavy (non-hydrogen) atoms. The molecular weight excluding hydrogens is 266 g/mol. The van der Waals surface area contributed by atoms with E-state index in [9.17, 15) is 14.4 Å². The van der Waals surface area contributed by atoms with Crippen LogP contribution in [0, 0.1) is 0 Å². The lowest BCUT2D eigenvalue weighted by Crippen LogP contribution is -2.62. The number of nitrogens with one attached hydrogen (secondary N) is 2. The molecule has 2 fully saturated rings. The highest BCUT2D eigenvalue weighted by Crippen LogP contribution is 2.21. The smallest absolute Gasteiger partial charge is 0.328 e. The summed E-state index contributed by atoms with van der Waals surface area (Å²) in [6, 6.07) is -1.56. The van der Waals surface area contributed by atoms with E-state index in [0.717, 1.165) is 17.7 Å². The maximum absolute atomic E-state index is 12.1. The van der Waals surface area contributed by atoms with Crippen LogP contribution in [0.4, 0.5) is 4.79 Å². The zero-order valence-corrected chi connectivity index (χ0v) is 11.3. The fourth-order valence-corrected chi connectivity index (χ4v) is 2.62. The molecule has 0 bridgehead atoms. The highest BCUT2D eigenvalue weighted by molar-refractivity contribution is 5.90. The number of nitrogens with zero attached hydrogens (tertiary/aromatic N) is 1. The summed E-state index contributed by atoms with van der Waals surface area (Å²) < 4.78 is 5.22. The monoisotopic (exact) mass is 285 g/mol. The van der Waals surface area contributed by atoms with Crippen molar-refractivity contribution in [3.8, 4) is 0 Å². The van der Waals surface area contributed by atoms with Gasteiger partial charge >= 0.3 is 12.0 Å². The molecule has 3 unspecified atom stereocenters. The number of ether oxygens (including phenoxy) is 1. The fraction of sp³-hybridized carbons (Fsp3) is 0.750. The lowest BCUT2D eigenvalue weighted by atomic mass is 10.2. The van der Waals surface area contributed by atoms with Gasteiger partial charge in [0.1, 0.15) is 12.6 Å². The first-order valence-electron chi connectivity index (χ1n) is 6.60. The molecule has 0 spiro atoms. The fourth-order valence-electron chi connectivity index (χ4n) is 2.62. The summed E-state index contributed by atoms with van der Waals surface area (Å²) in [5, 5.41) is 14.3. The Bertz CT molecular complexity index is 414. The van der Waals surface area contributed by atoms with Crippen LogP contribution in [0.3, 0.4) is 0 Å². The number of methoxy groups -OCH3 is 1. The summed E-state index contributed by atoms with van der Waals surface area (Å²) in [4.78, 5) is 35.7. The van der Waals surface area contributed by atoms with Gasteiger partial charge in [-0.25, -0.2) is 9.59 Å². The number of hydrogen-bond donors (Lipinski definition) is 3. The number of hydrogen-bond acceptors (Lipinski definition) is 4. The van der Waals surface area contributed by atoms with Crippen LogP contribution >= 0.6 is 0 Å². The molecular formula is C12H19N3O5. The van der Waals surface area contributed by atoms with E-state index >= 15 is 0 Å². The van der Waals surface area contributed by atoms with Crippen molar-refractivity contribution in [1.29, 1.82) is 0 Å². The molecule has 1 heterocycles. The standard InChI is InChI=1S/C12H19N3O5/c1-20-8-3-2-7(4-8)14-12(19)15-6-10(16)13-5-9(15)11(17)18/h7-9H,2-6H2,1H3,(H,13,16)(H,14,19)(H,17,18). The van der Waals surface area contributed by atoms with E-state index in [-0.39, 0.29) is 31.1 Å². The Kier molecular flexibility index (Phi) is 4.43. The summed E-state index contributed by atoms with van der Waals surface area (Å²) in [6.07, 6.45) is 2.49. The number of carbonyl (C=O) groups excluding carboxylic acids is 2. The third-order valence-corrected chi connectivity index (χ3v) is 3.77. The van der Waals surface area contributed by atoms with Gasteiger partial charge in [-0.2, -0.15) is 0 Å². The lowest BCUT2D eigenvalue weighted by molar-refractivity contribution is -0.144. The molecule has 3 amide bonds. The van der Waals surface area contributed by atoms with E-state index in [0.29, 0.717) is 6.42 Å².